The molecular weight excluding hydrogens is 264 g/mol. The van der Waals surface area contributed by atoms with Crippen LogP contribution in [0.15, 0.2) is 47.2 Å². The molecule has 0 saturated heterocycles. The van der Waals surface area contributed by atoms with Crippen molar-refractivity contribution < 1.29 is 4.52 Å². The van der Waals surface area contributed by atoms with Crippen molar-refractivity contribution in [3.8, 4) is 11.4 Å². The smallest absolute Gasteiger partial charge is 0.231 e. The Morgan fingerprint density at radius 2 is 2.14 bits per heavy atom. The van der Waals surface area contributed by atoms with Crippen molar-refractivity contribution in [2.45, 2.75) is 19.8 Å². The number of nitrogens with zero attached hydrogens (tertiary/aromatic N) is 3. The molecule has 0 amide bonds. The fraction of sp³-hybridized carbons (Fsp3) is 0.188. The fourth-order valence-corrected chi connectivity index (χ4v) is 2.24. The van der Waals surface area contributed by atoms with Crippen LogP contribution in [0.3, 0.4) is 0 Å². The summed E-state index contributed by atoms with van der Waals surface area (Å²) in [5, 5.41) is 4.07. The first-order valence-corrected chi connectivity index (χ1v) is 6.86. The summed E-state index contributed by atoms with van der Waals surface area (Å²) in [6.07, 6.45) is 5.03. The van der Waals surface area contributed by atoms with Gasteiger partial charge in [-0.05, 0) is 35.7 Å². The zero-order chi connectivity index (χ0) is 14.7. The van der Waals surface area contributed by atoms with Gasteiger partial charge in [0.15, 0.2) is 0 Å². The van der Waals surface area contributed by atoms with Crippen LogP contribution in [-0.2, 0) is 12.8 Å². The monoisotopic (exact) mass is 280 g/mol. The Morgan fingerprint density at radius 3 is 2.95 bits per heavy atom. The number of aromatic nitrogens is 3. The molecule has 2 N–H and O–H groups in total. The summed E-state index contributed by atoms with van der Waals surface area (Å²) in [4.78, 5) is 8.59. The van der Waals surface area contributed by atoms with Gasteiger partial charge in [-0.1, -0.05) is 24.2 Å². The van der Waals surface area contributed by atoms with Gasteiger partial charge in [0.25, 0.3) is 0 Å². The van der Waals surface area contributed by atoms with Crippen molar-refractivity contribution >= 4 is 5.69 Å². The zero-order valence-corrected chi connectivity index (χ0v) is 11.8. The Morgan fingerprint density at radius 1 is 1.24 bits per heavy atom. The van der Waals surface area contributed by atoms with E-state index in [2.05, 4.69) is 22.0 Å². The maximum atomic E-state index is 5.77. The number of anilines is 1. The van der Waals surface area contributed by atoms with Gasteiger partial charge in [-0.15, -0.1) is 0 Å². The number of nitrogens with two attached hydrogens (primary N) is 1. The maximum Gasteiger partial charge on any atom is 0.231 e. The topological polar surface area (TPSA) is 77.8 Å². The molecule has 2 aromatic heterocycles. The van der Waals surface area contributed by atoms with Crippen LogP contribution in [0.25, 0.3) is 11.4 Å². The minimum absolute atomic E-state index is 0.574. The highest BCUT2D eigenvalue weighted by atomic mass is 16.5. The van der Waals surface area contributed by atoms with Crippen LogP contribution in [0.5, 0.6) is 0 Å². The summed E-state index contributed by atoms with van der Waals surface area (Å²) < 4.78 is 5.34. The summed E-state index contributed by atoms with van der Waals surface area (Å²) in [5.74, 6) is 1.18. The summed E-state index contributed by atoms with van der Waals surface area (Å²) in [6, 6.07) is 9.58. The number of rotatable bonds is 4. The van der Waals surface area contributed by atoms with E-state index >= 15 is 0 Å². The number of pyridine rings is 1. The zero-order valence-electron chi connectivity index (χ0n) is 11.8. The van der Waals surface area contributed by atoms with Crippen molar-refractivity contribution in [1.29, 1.82) is 0 Å². The molecule has 3 rings (SSSR count). The van der Waals surface area contributed by atoms with E-state index in [0.29, 0.717) is 18.1 Å². The molecule has 0 aliphatic heterocycles. The van der Waals surface area contributed by atoms with E-state index in [4.69, 9.17) is 10.3 Å². The normalized spacial score (nSPS) is 10.7. The molecule has 0 fully saturated rings. The van der Waals surface area contributed by atoms with Gasteiger partial charge in [0.2, 0.25) is 11.7 Å². The lowest BCUT2D eigenvalue weighted by molar-refractivity contribution is 0.385. The van der Waals surface area contributed by atoms with Gasteiger partial charge in [-0.2, -0.15) is 4.98 Å². The third kappa shape index (κ3) is 2.91. The van der Waals surface area contributed by atoms with E-state index in [-0.39, 0.29) is 0 Å². The minimum atomic E-state index is 0.574. The lowest BCUT2D eigenvalue weighted by Crippen LogP contribution is -1.93. The van der Waals surface area contributed by atoms with E-state index < -0.39 is 0 Å². The van der Waals surface area contributed by atoms with Gasteiger partial charge in [-0.3, -0.25) is 4.98 Å². The Labute approximate surface area is 122 Å². The number of benzene rings is 1. The van der Waals surface area contributed by atoms with E-state index in [1.807, 2.05) is 36.5 Å². The molecule has 0 unspecified atom stereocenters. The maximum absolute atomic E-state index is 5.77. The van der Waals surface area contributed by atoms with Crippen LogP contribution in [0.1, 0.15) is 23.9 Å². The average molecular weight is 280 g/mol. The van der Waals surface area contributed by atoms with Crippen LogP contribution in [0, 0.1) is 0 Å². The molecule has 0 atom stereocenters. The van der Waals surface area contributed by atoms with E-state index in [0.717, 1.165) is 28.8 Å². The summed E-state index contributed by atoms with van der Waals surface area (Å²) in [7, 11) is 0. The quantitative estimate of drug-likeness (QED) is 0.743. The predicted octanol–water partition coefficient (Wildman–Crippen LogP) is 2.87. The van der Waals surface area contributed by atoms with Gasteiger partial charge in [0.1, 0.15) is 0 Å². The second-order valence-electron chi connectivity index (χ2n) is 4.82. The van der Waals surface area contributed by atoms with Crippen molar-refractivity contribution in [2.24, 2.45) is 0 Å². The largest absolute Gasteiger partial charge is 0.399 e. The molecule has 0 saturated carbocycles. The molecule has 0 aliphatic rings. The van der Waals surface area contributed by atoms with Crippen molar-refractivity contribution in [2.75, 3.05) is 5.73 Å². The van der Waals surface area contributed by atoms with Crippen molar-refractivity contribution in [1.82, 2.24) is 15.1 Å². The molecule has 0 radical (unpaired) electrons. The number of hydrogen-bond acceptors (Lipinski definition) is 5. The standard InChI is InChI=1S/C16H16N4O/c1-2-12-10-18-7-6-14(12)16-19-15(21-20-16)9-11-4-3-5-13(17)8-11/h3-8,10H,2,9,17H2,1H3. The molecule has 0 spiro atoms. The highest BCUT2D eigenvalue weighted by Crippen LogP contribution is 2.21. The molecule has 5 nitrogen and oxygen atoms in total. The van der Waals surface area contributed by atoms with Crippen LogP contribution in [-0.4, -0.2) is 15.1 Å². The van der Waals surface area contributed by atoms with E-state index in [1.54, 1.807) is 6.20 Å². The first kappa shape index (κ1) is 13.3. The lowest BCUT2D eigenvalue weighted by Gasteiger charge is -2.01. The Balaban J connectivity index is 1.86. The molecule has 21 heavy (non-hydrogen) atoms. The molecule has 0 bridgehead atoms. The van der Waals surface area contributed by atoms with Gasteiger partial charge < -0.3 is 10.3 Å². The highest BCUT2D eigenvalue weighted by molar-refractivity contribution is 5.58. The number of aryl methyl sites for hydroxylation is 1. The van der Waals surface area contributed by atoms with Crippen molar-refractivity contribution in [3.05, 3.63) is 59.7 Å². The van der Waals surface area contributed by atoms with Gasteiger partial charge in [0, 0.05) is 23.6 Å². The summed E-state index contributed by atoms with van der Waals surface area (Å²) in [6.45, 7) is 2.08. The Kier molecular flexibility index (Phi) is 3.64. The SMILES string of the molecule is CCc1cnccc1-c1noc(Cc2cccc(N)c2)n1. The third-order valence-electron chi connectivity index (χ3n) is 3.30. The molecule has 3 aromatic rings. The highest BCUT2D eigenvalue weighted by Gasteiger charge is 2.12. The Bertz CT molecular complexity index is 751. The van der Waals surface area contributed by atoms with Crippen molar-refractivity contribution in [3.63, 3.8) is 0 Å². The van der Waals surface area contributed by atoms with Gasteiger partial charge in [0.05, 0.1) is 6.42 Å². The molecule has 2 heterocycles. The second kappa shape index (κ2) is 5.75. The van der Waals surface area contributed by atoms with E-state index in [9.17, 15) is 0 Å². The number of nitrogen functional groups attached to an aromatic ring is 1. The molecule has 106 valence electrons. The van der Waals surface area contributed by atoms with Crippen LogP contribution in [0.4, 0.5) is 5.69 Å². The first-order chi connectivity index (χ1) is 10.3. The molecule has 5 heteroatoms. The second-order valence-corrected chi connectivity index (χ2v) is 4.82. The van der Waals surface area contributed by atoms with Crippen LogP contribution >= 0.6 is 0 Å². The number of hydrogen-bond donors (Lipinski definition) is 1. The van der Waals surface area contributed by atoms with Crippen LogP contribution < -0.4 is 5.73 Å². The van der Waals surface area contributed by atoms with Gasteiger partial charge >= 0.3 is 0 Å². The van der Waals surface area contributed by atoms with Crippen LogP contribution in [0.2, 0.25) is 0 Å². The lowest BCUT2D eigenvalue weighted by atomic mass is 10.1. The van der Waals surface area contributed by atoms with Gasteiger partial charge in [-0.25, -0.2) is 0 Å². The third-order valence-corrected chi connectivity index (χ3v) is 3.30. The predicted molar refractivity (Wildman–Crippen MR) is 80.6 cm³/mol. The first-order valence-electron chi connectivity index (χ1n) is 6.86. The fourth-order valence-electron chi connectivity index (χ4n) is 2.24. The minimum Gasteiger partial charge on any atom is -0.399 e. The summed E-state index contributed by atoms with van der Waals surface area (Å²) in [5.41, 5.74) is 9.63. The molecule has 1 aromatic carbocycles. The van der Waals surface area contributed by atoms with E-state index in [1.165, 1.54) is 0 Å². The summed E-state index contributed by atoms with van der Waals surface area (Å²) >= 11 is 0. The Hall–Kier alpha value is -2.69. The molecular formula is C16H16N4O. The average Bonchev–Trinajstić information content (AvgIpc) is 2.95. The molecule has 0 aliphatic carbocycles.